The molecular formula is C19H34Cl2Si. The molecule has 0 saturated heterocycles. The quantitative estimate of drug-likeness (QED) is 0.354. The van der Waals surface area contributed by atoms with E-state index in [1.165, 1.54) is 96.3 Å². The molecule has 0 bridgehead atoms. The summed E-state index contributed by atoms with van der Waals surface area (Å²) >= 11 is 13.9. The predicted octanol–water partition coefficient (Wildman–Crippen LogP) is 7.78. The monoisotopic (exact) mass is 360 g/mol. The molecule has 0 aromatic heterocycles. The Bertz CT molecular complexity index is 281. The van der Waals surface area contributed by atoms with Crippen LogP contribution in [0.3, 0.4) is 0 Å². The maximum atomic E-state index is 6.93. The molecule has 0 nitrogen and oxygen atoms in total. The van der Waals surface area contributed by atoms with Crippen LogP contribution in [0.4, 0.5) is 0 Å². The first-order chi connectivity index (χ1) is 10.8. The van der Waals surface area contributed by atoms with Gasteiger partial charge in [0.25, 0.3) is 0 Å². The standard InChI is InChI=1S/C19H34Cl2Si/c20-19(21)22(16-10-4-1-5-11-16,17-12-6-2-7-13-17)18-14-8-3-9-15-18/h16-19H,1-15H2. The van der Waals surface area contributed by atoms with E-state index in [2.05, 4.69) is 0 Å². The maximum absolute atomic E-state index is 6.93. The van der Waals surface area contributed by atoms with Crippen LogP contribution in [0.2, 0.25) is 16.6 Å². The maximum Gasteiger partial charge on any atom is 0.102 e. The van der Waals surface area contributed by atoms with Gasteiger partial charge in [0.1, 0.15) is 8.07 Å². The Morgan fingerprint density at radius 2 is 0.773 bits per heavy atom. The molecule has 0 radical (unpaired) electrons. The van der Waals surface area contributed by atoms with Gasteiger partial charge >= 0.3 is 0 Å². The fourth-order valence-corrected chi connectivity index (χ4v) is 16.8. The number of hydrogen-bond acceptors (Lipinski definition) is 0. The highest BCUT2D eigenvalue weighted by Crippen LogP contribution is 2.59. The van der Waals surface area contributed by atoms with Gasteiger partial charge in [0.2, 0.25) is 0 Å². The van der Waals surface area contributed by atoms with Crippen LogP contribution >= 0.6 is 23.2 Å². The Hall–Kier alpha value is 0.797. The van der Waals surface area contributed by atoms with Crippen molar-refractivity contribution in [3.63, 3.8) is 0 Å². The third kappa shape index (κ3) is 3.42. The fraction of sp³-hybridized carbons (Fsp3) is 1.00. The molecule has 3 aliphatic rings. The highest BCUT2D eigenvalue weighted by Gasteiger charge is 2.56. The summed E-state index contributed by atoms with van der Waals surface area (Å²) in [4.78, 5) is 0. The number of rotatable bonds is 4. The summed E-state index contributed by atoms with van der Waals surface area (Å²) in [5.41, 5.74) is 2.81. The molecule has 0 heterocycles. The van der Waals surface area contributed by atoms with Gasteiger partial charge in [-0.1, -0.05) is 96.3 Å². The SMILES string of the molecule is ClC(Cl)[Si](C1CCCCC1)(C1CCCCC1)C1CCCCC1. The van der Waals surface area contributed by atoms with Crippen molar-refractivity contribution in [2.45, 2.75) is 117 Å². The van der Waals surface area contributed by atoms with E-state index in [1.54, 1.807) is 0 Å². The lowest BCUT2D eigenvalue weighted by atomic mass is 9.98. The van der Waals surface area contributed by atoms with E-state index in [-0.39, 0.29) is 4.46 Å². The lowest BCUT2D eigenvalue weighted by Gasteiger charge is -2.54. The lowest BCUT2D eigenvalue weighted by molar-refractivity contribution is 0.415. The highest BCUT2D eigenvalue weighted by molar-refractivity contribution is 6.96. The first-order valence-corrected chi connectivity index (χ1v) is 13.2. The minimum absolute atomic E-state index is 0.0122. The molecule has 3 fully saturated rings. The van der Waals surface area contributed by atoms with Crippen LogP contribution in [-0.2, 0) is 0 Å². The molecule has 0 aromatic rings. The Morgan fingerprint density at radius 1 is 0.500 bits per heavy atom. The summed E-state index contributed by atoms with van der Waals surface area (Å²) in [7, 11) is -1.64. The zero-order valence-electron chi connectivity index (χ0n) is 14.2. The number of alkyl halides is 2. The second kappa shape index (κ2) is 8.25. The average Bonchev–Trinajstić information content (AvgIpc) is 2.58. The third-order valence-electron chi connectivity index (χ3n) is 7.31. The zero-order chi connectivity index (χ0) is 15.4. The van der Waals surface area contributed by atoms with Crippen molar-refractivity contribution in [3.8, 4) is 0 Å². The molecule has 0 spiro atoms. The van der Waals surface area contributed by atoms with Gasteiger partial charge in [0.15, 0.2) is 0 Å². The predicted molar refractivity (Wildman–Crippen MR) is 102 cm³/mol. The molecule has 3 heteroatoms. The summed E-state index contributed by atoms with van der Waals surface area (Å²) < 4.78 is -0.0122. The van der Waals surface area contributed by atoms with E-state index in [0.717, 1.165) is 16.6 Å². The van der Waals surface area contributed by atoms with Gasteiger partial charge in [0, 0.05) is 0 Å². The van der Waals surface area contributed by atoms with E-state index in [1.807, 2.05) is 0 Å². The van der Waals surface area contributed by atoms with Crippen molar-refractivity contribution in [2.24, 2.45) is 0 Å². The second-order valence-electron chi connectivity index (χ2n) is 8.31. The summed E-state index contributed by atoms with van der Waals surface area (Å²) in [6.07, 6.45) is 21.7. The Labute approximate surface area is 148 Å². The molecule has 0 unspecified atom stereocenters. The second-order valence-corrected chi connectivity index (χ2v) is 15.2. The summed E-state index contributed by atoms with van der Waals surface area (Å²) in [6.45, 7) is 0. The molecule has 0 aromatic carbocycles. The largest absolute Gasteiger partial charge is 0.109 e. The van der Waals surface area contributed by atoms with E-state index in [4.69, 9.17) is 23.2 Å². The summed E-state index contributed by atoms with van der Waals surface area (Å²) in [5, 5.41) is 0. The van der Waals surface area contributed by atoms with E-state index in [0.29, 0.717) is 0 Å². The van der Waals surface area contributed by atoms with Gasteiger partial charge in [0.05, 0.1) is 4.46 Å². The van der Waals surface area contributed by atoms with Gasteiger partial charge in [-0.2, -0.15) is 0 Å². The third-order valence-corrected chi connectivity index (χ3v) is 16.3. The van der Waals surface area contributed by atoms with Crippen LogP contribution in [0.25, 0.3) is 0 Å². The first-order valence-electron chi connectivity index (χ1n) is 10.0. The molecule has 3 saturated carbocycles. The molecule has 22 heavy (non-hydrogen) atoms. The van der Waals surface area contributed by atoms with Gasteiger partial charge in [-0.3, -0.25) is 0 Å². The molecule has 3 rings (SSSR count). The lowest BCUT2D eigenvalue weighted by Crippen LogP contribution is -2.56. The van der Waals surface area contributed by atoms with Crippen LogP contribution in [0.15, 0.2) is 0 Å². The van der Waals surface area contributed by atoms with Gasteiger partial charge < -0.3 is 0 Å². The molecular weight excluding hydrogens is 327 g/mol. The Morgan fingerprint density at radius 3 is 1.00 bits per heavy atom. The minimum Gasteiger partial charge on any atom is -0.109 e. The van der Waals surface area contributed by atoms with Crippen LogP contribution in [0.5, 0.6) is 0 Å². The van der Waals surface area contributed by atoms with E-state index >= 15 is 0 Å². The summed E-state index contributed by atoms with van der Waals surface area (Å²) in [5.74, 6) is 0. The molecule has 0 N–H and O–H groups in total. The van der Waals surface area contributed by atoms with Crippen LogP contribution in [-0.4, -0.2) is 12.5 Å². The number of halogens is 2. The normalized spacial score (nSPS) is 27.4. The Kier molecular flexibility index (Phi) is 6.61. The number of hydrogen-bond donors (Lipinski definition) is 0. The molecule has 0 aliphatic heterocycles. The van der Waals surface area contributed by atoms with Crippen LogP contribution in [0.1, 0.15) is 96.3 Å². The molecule has 128 valence electrons. The summed E-state index contributed by atoms with van der Waals surface area (Å²) in [6, 6.07) is 0. The van der Waals surface area contributed by atoms with Crippen molar-refractivity contribution in [3.05, 3.63) is 0 Å². The van der Waals surface area contributed by atoms with Crippen LogP contribution < -0.4 is 0 Å². The molecule has 0 amide bonds. The Balaban J connectivity index is 1.92. The van der Waals surface area contributed by atoms with Crippen molar-refractivity contribution < 1.29 is 0 Å². The highest BCUT2D eigenvalue weighted by atomic mass is 35.5. The van der Waals surface area contributed by atoms with Crippen molar-refractivity contribution in [2.75, 3.05) is 0 Å². The van der Waals surface area contributed by atoms with Gasteiger partial charge in [-0.25, -0.2) is 0 Å². The van der Waals surface area contributed by atoms with Crippen molar-refractivity contribution in [1.82, 2.24) is 0 Å². The molecule has 0 atom stereocenters. The first kappa shape index (κ1) is 17.6. The van der Waals surface area contributed by atoms with E-state index < -0.39 is 8.07 Å². The average molecular weight is 361 g/mol. The smallest absolute Gasteiger partial charge is 0.102 e. The topological polar surface area (TPSA) is 0 Å². The van der Waals surface area contributed by atoms with Crippen molar-refractivity contribution in [1.29, 1.82) is 0 Å². The fourth-order valence-electron chi connectivity index (χ4n) is 6.34. The van der Waals surface area contributed by atoms with Gasteiger partial charge in [-0.15, -0.1) is 23.2 Å². The van der Waals surface area contributed by atoms with Gasteiger partial charge in [-0.05, 0) is 16.6 Å². The molecule has 3 aliphatic carbocycles. The zero-order valence-corrected chi connectivity index (χ0v) is 16.7. The minimum atomic E-state index is -1.64. The van der Waals surface area contributed by atoms with E-state index in [9.17, 15) is 0 Å². The van der Waals surface area contributed by atoms with Crippen molar-refractivity contribution >= 4 is 31.3 Å². The van der Waals surface area contributed by atoms with Crippen LogP contribution in [0, 0.1) is 0 Å².